The van der Waals surface area contributed by atoms with Crippen molar-refractivity contribution in [1.82, 2.24) is 0 Å². The first-order valence-electron chi connectivity index (χ1n) is 10.8. The fraction of sp³-hybridized carbons (Fsp3) is 0.520. The summed E-state index contributed by atoms with van der Waals surface area (Å²) in [5.41, 5.74) is 4.40. The predicted octanol–water partition coefficient (Wildman–Crippen LogP) is 6.60. The normalized spacial score (nSPS) is 17.9. The summed E-state index contributed by atoms with van der Waals surface area (Å²) in [6.45, 7) is 16.9. The molecule has 2 aliphatic rings. The van der Waals surface area contributed by atoms with Gasteiger partial charge in [0.2, 0.25) is 0 Å². The summed E-state index contributed by atoms with van der Waals surface area (Å²) in [7, 11) is -3.00. The van der Waals surface area contributed by atoms with E-state index in [-0.39, 0.29) is 15.9 Å². The maximum Gasteiger partial charge on any atom is 0.471 e. The lowest BCUT2D eigenvalue weighted by molar-refractivity contribution is 0.0969. The molecule has 1 heterocycles. The minimum Gasteiger partial charge on any atom is -0.510 e. The second-order valence-electron chi connectivity index (χ2n) is 10.9. The molecule has 0 N–H and O–H groups in total. The van der Waals surface area contributed by atoms with Crippen LogP contribution in [-0.2, 0) is 6.42 Å². The molecule has 0 unspecified atom stereocenters. The topological polar surface area (TPSA) is 52.6 Å². The van der Waals surface area contributed by atoms with Crippen molar-refractivity contribution in [3.05, 3.63) is 33.9 Å². The van der Waals surface area contributed by atoms with Crippen molar-refractivity contribution in [2.45, 2.75) is 84.7 Å². The quantitative estimate of drug-likeness (QED) is 0.382. The average molecular weight is 425 g/mol. The summed E-state index contributed by atoms with van der Waals surface area (Å²) < 4.78 is 13.8. The molecule has 0 spiro atoms. The van der Waals surface area contributed by atoms with Crippen LogP contribution in [0.1, 0.15) is 91.8 Å². The molecule has 160 valence electrons. The van der Waals surface area contributed by atoms with E-state index in [1.54, 1.807) is 0 Å². The van der Waals surface area contributed by atoms with Crippen molar-refractivity contribution in [1.29, 1.82) is 0 Å². The van der Waals surface area contributed by atoms with E-state index in [1.165, 1.54) is 0 Å². The number of carbonyl (C=O) groups is 2. The van der Waals surface area contributed by atoms with Gasteiger partial charge in [0.15, 0.2) is 12.1 Å². The first kappa shape index (κ1) is 21.1. The zero-order valence-corrected chi connectivity index (χ0v) is 20.4. The standard InChI is InChI=1S/C25H32O4Si/c1-14-12-17-15(2)16-10-9-11-19(27)20(16)23-21(17)22(18(14)13-26)28-30(29-23,24(3,4)5)25(6,7)8/h12-13H,9-11H2,1-8H3. The lowest BCUT2D eigenvalue weighted by Crippen LogP contribution is -2.63. The molecule has 4 nitrogen and oxygen atoms in total. The number of hydrogen-bond acceptors (Lipinski definition) is 4. The number of benzene rings is 2. The fourth-order valence-corrected chi connectivity index (χ4v) is 10.0. The van der Waals surface area contributed by atoms with Gasteiger partial charge >= 0.3 is 8.56 Å². The number of aldehydes is 1. The summed E-state index contributed by atoms with van der Waals surface area (Å²) in [5, 5.41) is 1.26. The second kappa shape index (κ2) is 6.43. The van der Waals surface area contributed by atoms with Crippen LogP contribution >= 0.6 is 0 Å². The van der Waals surface area contributed by atoms with Crippen molar-refractivity contribution >= 4 is 31.4 Å². The Bertz CT molecular complexity index is 1090. The molecule has 0 bridgehead atoms. The molecule has 5 heteroatoms. The molecule has 30 heavy (non-hydrogen) atoms. The molecule has 2 aromatic carbocycles. The van der Waals surface area contributed by atoms with Gasteiger partial charge in [0.25, 0.3) is 0 Å². The molecule has 2 aromatic rings. The van der Waals surface area contributed by atoms with Crippen molar-refractivity contribution in [2.24, 2.45) is 0 Å². The largest absolute Gasteiger partial charge is 0.510 e. The van der Waals surface area contributed by atoms with E-state index in [9.17, 15) is 9.59 Å². The highest BCUT2D eigenvalue weighted by Gasteiger charge is 2.64. The van der Waals surface area contributed by atoms with Gasteiger partial charge in [-0.05, 0) is 48.8 Å². The number of Topliss-reactive ketones (excluding diaryl/α,β-unsaturated/α-hetero) is 1. The molecule has 4 rings (SSSR count). The summed E-state index contributed by atoms with van der Waals surface area (Å²) in [6, 6.07) is 2.05. The number of ketones is 1. The Kier molecular flexibility index (Phi) is 4.52. The summed E-state index contributed by atoms with van der Waals surface area (Å²) in [5.74, 6) is 1.42. The lowest BCUT2D eigenvalue weighted by Gasteiger charge is -2.51. The SMILES string of the molecule is Cc1cc2c(C)c3c(c4c2c(c1C=O)O[Si](C(C)(C)C)(C(C)(C)C)O4)C(=O)CCC3. The molecule has 0 saturated heterocycles. The van der Waals surface area contributed by atoms with Gasteiger partial charge in [-0.2, -0.15) is 0 Å². The maximum atomic E-state index is 13.2. The molecule has 1 aliphatic heterocycles. The molecular weight excluding hydrogens is 392 g/mol. The van der Waals surface area contributed by atoms with Crippen LogP contribution in [0.15, 0.2) is 6.07 Å². The van der Waals surface area contributed by atoms with Gasteiger partial charge in [-0.1, -0.05) is 47.6 Å². The molecule has 0 aromatic heterocycles. The molecule has 0 atom stereocenters. The Hall–Kier alpha value is -2.14. The Morgan fingerprint density at radius 2 is 1.57 bits per heavy atom. The van der Waals surface area contributed by atoms with Gasteiger partial charge in [-0.25, -0.2) is 0 Å². The monoisotopic (exact) mass is 424 g/mol. The van der Waals surface area contributed by atoms with Gasteiger partial charge in [-0.3, -0.25) is 9.59 Å². The molecule has 0 amide bonds. The third kappa shape index (κ3) is 2.64. The van der Waals surface area contributed by atoms with Crippen molar-refractivity contribution in [2.75, 3.05) is 0 Å². The van der Waals surface area contributed by atoms with E-state index in [4.69, 9.17) is 8.85 Å². The Balaban J connectivity index is 2.22. The van der Waals surface area contributed by atoms with E-state index in [2.05, 4.69) is 54.5 Å². The minimum absolute atomic E-state index is 0.142. The van der Waals surface area contributed by atoms with E-state index < -0.39 is 8.56 Å². The predicted molar refractivity (Wildman–Crippen MR) is 123 cm³/mol. The molecule has 0 fully saturated rings. The zero-order chi connectivity index (χ0) is 22.2. The highest BCUT2D eigenvalue weighted by molar-refractivity contribution is 6.75. The van der Waals surface area contributed by atoms with Crippen LogP contribution in [0.3, 0.4) is 0 Å². The summed E-state index contributed by atoms with van der Waals surface area (Å²) >= 11 is 0. The van der Waals surface area contributed by atoms with Crippen LogP contribution in [-0.4, -0.2) is 20.6 Å². The summed E-state index contributed by atoms with van der Waals surface area (Å²) in [6.07, 6.45) is 3.17. The van der Waals surface area contributed by atoms with Crippen molar-refractivity contribution < 1.29 is 18.4 Å². The van der Waals surface area contributed by atoms with Gasteiger partial charge in [0.1, 0.15) is 11.5 Å². The molecule has 0 saturated carbocycles. The lowest BCUT2D eigenvalue weighted by atomic mass is 9.83. The second-order valence-corrected chi connectivity index (χ2v) is 15.5. The van der Waals surface area contributed by atoms with Gasteiger partial charge in [0, 0.05) is 16.5 Å². The molecular formula is C25H32O4Si. The fourth-order valence-electron chi connectivity index (χ4n) is 5.49. The van der Waals surface area contributed by atoms with Gasteiger partial charge in [-0.15, -0.1) is 0 Å². The average Bonchev–Trinajstić information content (AvgIpc) is 2.63. The van der Waals surface area contributed by atoms with E-state index in [0.717, 1.165) is 52.2 Å². The smallest absolute Gasteiger partial charge is 0.471 e. The van der Waals surface area contributed by atoms with Crippen LogP contribution in [0.4, 0.5) is 0 Å². The maximum absolute atomic E-state index is 13.2. The van der Waals surface area contributed by atoms with Crippen LogP contribution in [0, 0.1) is 13.8 Å². The van der Waals surface area contributed by atoms with Crippen LogP contribution in [0.25, 0.3) is 10.8 Å². The van der Waals surface area contributed by atoms with Crippen LogP contribution in [0.2, 0.25) is 10.1 Å². The van der Waals surface area contributed by atoms with E-state index in [0.29, 0.717) is 23.5 Å². The number of aryl methyl sites for hydroxylation is 2. The first-order valence-corrected chi connectivity index (χ1v) is 12.6. The summed E-state index contributed by atoms with van der Waals surface area (Å²) in [4.78, 5) is 25.3. The Morgan fingerprint density at radius 1 is 0.967 bits per heavy atom. The van der Waals surface area contributed by atoms with Gasteiger partial charge < -0.3 is 8.85 Å². The van der Waals surface area contributed by atoms with E-state index in [1.807, 2.05) is 6.92 Å². The number of hydrogen-bond donors (Lipinski definition) is 0. The zero-order valence-electron chi connectivity index (χ0n) is 19.4. The number of rotatable bonds is 1. The van der Waals surface area contributed by atoms with Crippen molar-refractivity contribution in [3.63, 3.8) is 0 Å². The number of carbonyl (C=O) groups excluding carboxylic acids is 2. The Labute approximate surface area is 180 Å². The van der Waals surface area contributed by atoms with E-state index >= 15 is 0 Å². The van der Waals surface area contributed by atoms with Crippen LogP contribution in [0.5, 0.6) is 11.5 Å². The molecule has 1 aliphatic carbocycles. The van der Waals surface area contributed by atoms with Crippen molar-refractivity contribution in [3.8, 4) is 11.5 Å². The Morgan fingerprint density at radius 3 is 2.13 bits per heavy atom. The highest BCUT2D eigenvalue weighted by Crippen LogP contribution is 2.59. The van der Waals surface area contributed by atoms with Gasteiger partial charge in [0.05, 0.1) is 16.5 Å². The highest BCUT2D eigenvalue weighted by atomic mass is 28.4. The first-order chi connectivity index (χ1) is 13.8. The molecule has 0 radical (unpaired) electrons. The third-order valence-electron chi connectivity index (χ3n) is 6.83. The van der Waals surface area contributed by atoms with Crippen LogP contribution < -0.4 is 8.85 Å². The minimum atomic E-state index is -3.00. The third-order valence-corrected chi connectivity index (χ3v) is 11.8. The number of fused-ring (bicyclic) bond motifs is 2.